The third kappa shape index (κ3) is 3.29. The highest BCUT2D eigenvalue weighted by Gasteiger charge is 2.55. The molecule has 0 saturated carbocycles. The van der Waals surface area contributed by atoms with Gasteiger partial charge in [0, 0.05) is 16.4 Å². The van der Waals surface area contributed by atoms with Gasteiger partial charge in [-0.2, -0.15) is 5.26 Å². The van der Waals surface area contributed by atoms with Gasteiger partial charge in [0.15, 0.2) is 5.72 Å². The van der Waals surface area contributed by atoms with Gasteiger partial charge in [-0.15, -0.1) is 11.8 Å². The number of rotatable bonds is 4. The molecule has 4 atom stereocenters. The van der Waals surface area contributed by atoms with Crippen LogP contribution >= 0.6 is 11.8 Å². The average Bonchev–Trinajstić information content (AvgIpc) is 2.68. The number of primary amides is 1. The summed E-state index contributed by atoms with van der Waals surface area (Å²) in [5.74, 6) is -4.75. The smallest absolute Gasteiger partial charge is 0.235 e. The molecule has 6 nitrogen and oxygen atoms in total. The number of nitrogens with zero attached hydrogens (tertiary/aromatic N) is 1. The molecule has 1 aliphatic heterocycles. The molecule has 1 aliphatic rings. The minimum atomic E-state index is -1.93. The van der Waals surface area contributed by atoms with Crippen LogP contribution in [0.3, 0.4) is 0 Å². The molecule has 0 aromatic heterocycles. The zero-order valence-electron chi connectivity index (χ0n) is 14.6. The third-order valence-electron chi connectivity index (χ3n) is 4.92. The number of aliphatic hydroxyl groups is 1. The Hall–Kier alpha value is -2.82. The Morgan fingerprint density at radius 3 is 2.37 bits per heavy atom. The molecule has 7 heteroatoms. The summed E-state index contributed by atoms with van der Waals surface area (Å²) in [5.41, 5.74) is 4.54. The average molecular weight is 381 g/mol. The number of carbonyl (C=O) groups excluding carboxylic acids is 2. The molecule has 2 aromatic carbocycles. The topological polar surface area (TPSA) is 116 Å². The fourth-order valence-electron chi connectivity index (χ4n) is 3.59. The van der Waals surface area contributed by atoms with E-state index in [1.165, 1.54) is 0 Å². The standard InChI is InChI=1S/C20H19N3O3S/c1-27-14-9-7-12(8-10-14)16-15(11-21)20(26,13-5-3-2-4-6-13)23-19(25)17(16)18(22)24/h2-10,15-17,26H,1H3,(H2,22,24)(H,23,25)/t15-,16+,17-,20+/m0/s1. The first-order valence-electron chi connectivity index (χ1n) is 8.35. The van der Waals surface area contributed by atoms with Crippen LogP contribution in [0.1, 0.15) is 17.0 Å². The van der Waals surface area contributed by atoms with E-state index < -0.39 is 35.3 Å². The lowest BCUT2D eigenvalue weighted by Gasteiger charge is -2.44. The summed E-state index contributed by atoms with van der Waals surface area (Å²) in [7, 11) is 0. The lowest BCUT2D eigenvalue weighted by molar-refractivity contribution is -0.153. The summed E-state index contributed by atoms with van der Waals surface area (Å²) in [4.78, 5) is 25.8. The largest absolute Gasteiger partial charge is 0.369 e. The van der Waals surface area contributed by atoms with Gasteiger partial charge in [-0.05, 0) is 24.0 Å². The van der Waals surface area contributed by atoms with Gasteiger partial charge in [0.2, 0.25) is 11.8 Å². The van der Waals surface area contributed by atoms with Gasteiger partial charge in [0.1, 0.15) is 11.8 Å². The van der Waals surface area contributed by atoms with Crippen molar-refractivity contribution in [2.24, 2.45) is 17.6 Å². The van der Waals surface area contributed by atoms with E-state index in [1.54, 1.807) is 54.2 Å². The van der Waals surface area contributed by atoms with Crippen LogP contribution in [0.15, 0.2) is 59.5 Å². The summed E-state index contributed by atoms with van der Waals surface area (Å²) in [6.45, 7) is 0. The number of nitrogens with one attached hydrogen (secondary N) is 1. The molecule has 2 aromatic rings. The first-order valence-corrected chi connectivity index (χ1v) is 9.57. The minimum absolute atomic E-state index is 0.374. The first-order chi connectivity index (χ1) is 12.9. The predicted molar refractivity (Wildman–Crippen MR) is 101 cm³/mol. The maximum Gasteiger partial charge on any atom is 0.235 e. The predicted octanol–water partition coefficient (Wildman–Crippen LogP) is 1.71. The van der Waals surface area contributed by atoms with E-state index >= 15 is 0 Å². The Morgan fingerprint density at radius 1 is 1.22 bits per heavy atom. The second-order valence-corrected chi connectivity index (χ2v) is 7.29. The van der Waals surface area contributed by atoms with Crippen molar-refractivity contribution in [1.82, 2.24) is 5.32 Å². The summed E-state index contributed by atoms with van der Waals surface area (Å²) < 4.78 is 0. The second-order valence-electron chi connectivity index (χ2n) is 6.41. The van der Waals surface area contributed by atoms with Crippen LogP contribution in [0, 0.1) is 23.2 Å². The van der Waals surface area contributed by atoms with Crippen LogP contribution in [0.2, 0.25) is 0 Å². The number of hydrogen-bond donors (Lipinski definition) is 3. The molecule has 4 N–H and O–H groups in total. The van der Waals surface area contributed by atoms with Crippen molar-refractivity contribution in [2.45, 2.75) is 16.5 Å². The molecule has 27 heavy (non-hydrogen) atoms. The maximum absolute atomic E-state index is 12.7. The molecule has 0 aliphatic carbocycles. The monoisotopic (exact) mass is 381 g/mol. The highest BCUT2D eigenvalue weighted by molar-refractivity contribution is 7.98. The van der Waals surface area contributed by atoms with E-state index in [0.29, 0.717) is 11.1 Å². The van der Waals surface area contributed by atoms with Crippen molar-refractivity contribution in [3.05, 3.63) is 65.7 Å². The van der Waals surface area contributed by atoms with Gasteiger partial charge in [-0.25, -0.2) is 0 Å². The SMILES string of the molecule is CSc1ccc([C@H]2[C@@H](C(N)=O)C(=O)N[C@@](O)(c3ccccc3)[C@H]2C#N)cc1. The Labute approximate surface area is 161 Å². The number of benzene rings is 2. The van der Waals surface area contributed by atoms with Gasteiger partial charge in [0.25, 0.3) is 0 Å². The van der Waals surface area contributed by atoms with Gasteiger partial charge >= 0.3 is 0 Å². The van der Waals surface area contributed by atoms with Crippen LogP contribution in [0.25, 0.3) is 0 Å². The van der Waals surface area contributed by atoms with E-state index in [4.69, 9.17) is 5.73 Å². The van der Waals surface area contributed by atoms with Crippen molar-refractivity contribution in [1.29, 1.82) is 5.26 Å². The third-order valence-corrected chi connectivity index (χ3v) is 5.67. The van der Waals surface area contributed by atoms with Crippen LogP contribution < -0.4 is 11.1 Å². The second kappa shape index (κ2) is 7.43. The number of carbonyl (C=O) groups is 2. The van der Waals surface area contributed by atoms with E-state index in [0.717, 1.165) is 4.90 Å². The quantitative estimate of drug-likeness (QED) is 0.551. The summed E-state index contributed by atoms with van der Waals surface area (Å²) in [5, 5.41) is 23.6. The Kier molecular flexibility index (Phi) is 5.22. The van der Waals surface area contributed by atoms with Crippen molar-refractivity contribution < 1.29 is 14.7 Å². The summed E-state index contributed by atoms with van der Waals surface area (Å²) in [6.07, 6.45) is 1.93. The van der Waals surface area contributed by atoms with Crippen molar-refractivity contribution in [2.75, 3.05) is 6.26 Å². The van der Waals surface area contributed by atoms with Gasteiger partial charge in [-0.3, -0.25) is 9.59 Å². The maximum atomic E-state index is 12.7. The van der Waals surface area contributed by atoms with Gasteiger partial charge in [0.05, 0.1) is 6.07 Å². The number of nitriles is 1. The fraction of sp³-hybridized carbons (Fsp3) is 0.250. The molecule has 1 saturated heterocycles. The Morgan fingerprint density at radius 2 is 1.85 bits per heavy atom. The minimum Gasteiger partial charge on any atom is -0.369 e. The highest BCUT2D eigenvalue weighted by atomic mass is 32.2. The van der Waals surface area contributed by atoms with Crippen molar-refractivity contribution in [3.8, 4) is 6.07 Å². The van der Waals surface area contributed by atoms with E-state index in [9.17, 15) is 20.0 Å². The lowest BCUT2D eigenvalue weighted by atomic mass is 9.67. The van der Waals surface area contributed by atoms with Crippen LogP contribution in [-0.2, 0) is 15.3 Å². The fourth-order valence-corrected chi connectivity index (χ4v) is 4.00. The Balaban J connectivity index is 2.16. The van der Waals surface area contributed by atoms with Crippen LogP contribution in [-0.4, -0.2) is 23.2 Å². The molecular weight excluding hydrogens is 362 g/mol. The van der Waals surface area contributed by atoms with Crippen LogP contribution in [0.4, 0.5) is 0 Å². The lowest BCUT2D eigenvalue weighted by Crippen LogP contribution is -2.62. The molecule has 0 radical (unpaired) electrons. The van der Waals surface area contributed by atoms with E-state index in [2.05, 4.69) is 11.4 Å². The zero-order chi connectivity index (χ0) is 19.6. The van der Waals surface area contributed by atoms with Crippen LogP contribution in [0.5, 0.6) is 0 Å². The molecule has 3 rings (SSSR count). The Bertz CT molecular complexity index is 895. The molecule has 138 valence electrons. The zero-order valence-corrected chi connectivity index (χ0v) is 15.4. The van der Waals surface area contributed by atoms with Gasteiger partial charge < -0.3 is 16.2 Å². The number of nitrogens with two attached hydrogens (primary N) is 1. The molecule has 1 fully saturated rings. The van der Waals surface area contributed by atoms with E-state index in [1.807, 2.05) is 18.4 Å². The summed E-state index contributed by atoms with van der Waals surface area (Å²) in [6, 6.07) is 17.8. The van der Waals surface area contributed by atoms with Gasteiger partial charge in [-0.1, -0.05) is 42.5 Å². The normalized spacial score (nSPS) is 27.4. The van der Waals surface area contributed by atoms with E-state index in [-0.39, 0.29) is 0 Å². The number of piperidine rings is 1. The number of amides is 2. The first kappa shape index (κ1) is 19.0. The highest BCUT2D eigenvalue weighted by Crippen LogP contribution is 2.45. The molecule has 2 amide bonds. The molecule has 1 heterocycles. The molecule has 0 spiro atoms. The number of thioether (sulfide) groups is 1. The van der Waals surface area contributed by atoms with Crippen molar-refractivity contribution >= 4 is 23.6 Å². The van der Waals surface area contributed by atoms with Crippen molar-refractivity contribution in [3.63, 3.8) is 0 Å². The molecule has 0 unspecified atom stereocenters. The number of hydrogen-bond acceptors (Lipinski definition) is 5. The molecular formula is C20H19N3O3S. The molecule has 0 bridgehead atoms. The summed E-state index contributed by atoms with van der Waals surface area (Å²) >= 11 is 1.55.